The molecule has 1 aromatic carbocycles. The van der Waals surface area contributed by atoms with E-state index < -0.39 is 0 Å². The van der Waals surface area contributed by atoms with E-state index in [9.17, 15) is 4.79 Å². The molecule has 1 aromatic heterocycles. The van der Waals surface area contributed by atoms with Crippen molar-refractivity contribution >= 4 is 11.9 Å². The molecule has 1 aliphatic heterocycles. The summed E-state index contributed by atoms with van der Waals surface area (Å²) in [5.74, 6) is 6.33. The maximum Gasteiger partial charge on any atom is 0.298 e. The first kappa shape index (κ1) is 17.0. The van der Waals surface area contributed by atoms with Gasteiger partial charge in [0.2, 0.25) is 5.95 Å². The van der Waals surface area contributed by atoms with Crippen LogP contribution in [0.25, 0.3) is 0 Å². The third-order valence-corrected chi connectivity index (χ3v) is 4.21. The van der Waals surface area contributed by atoms with Crippen molar-refractivity contribution in [3.8, 4) is 11.8 Å². The van der Waals surface area contributed by atoms with E-state index in [2.05, 4.69) is 45.8 Å². The molecule has 1 saturated heterocycles. The van der Waals surface area contributed by atoms with Gasteiger partial charge in [-0.05, 0) is 30.2 Å². The molecule has 1 aliphatic rings. The zero-order valence-corrected chi connectivity index (χ0v) is 14.5. The van der Waals surface area contributed by atoms with Gasteiger partial charge in [-0.25, -0.2) is 9.97 Å². The number of benzene rings is 1. The molecule has 2 aromatic rings. The number of piperazine rings is 1. The van der Waals surface area contributed by atoms with Gasteiger partial charge in [0.15, 0.2) is 0 Å². The summed E-state index contributed by atoms with van der Waals surface area (Å²) in [7, 11) is 0. The minimum absolute atomic E-state index is 0.119. The smallest absolute Gasteiger partial charge is 0.298 e. The lowest BCUT2D eigenvalue weighted by atomic mass is 10.1. The summed E-state index contributed by atoms with van der Waals surface area (Å²) >= 11 is 0. The zero-order chi connectivity index (χ0) is 17.5. The van der Waals surface area contributed by atoms with Crippen LogP contribution < -0.4 is 4.90 Å². The predicted octanol–water partition coefficient (Wildman–Crippen LogP) is 2.13. The Labute approximate surface area is 148 Å². The molecule has 5 heteroatoms. The lowest BCUT2D eigenvalue weighted by Crippen LogP contribution is -2.49. The molecule has 0 aliphatic carbocycles. The number of nitrogens with zero attached hydrogens (tertiary/aromatic N) is 4. The highest BCUT2D eigenvalue weighted by Gasteiger charge is 2.21. The number of anilines is 1. The molecule has 1 fully saturated rings. The first-order valence-electron chi connectivity index (χ1n) is 8.68. The second-order valence-electron chi connectivity index (χ2n) is 6.02. The number of amides is 1. The first-order valence-corrected chi connectivity index (χ1v) is 8.68. The number of hydrogen-bond acceptors (Lipinski definition) is 4. The van der Waals surface area contributed by atoms with Crippen LogP contribution in [0.4, 0.5) is 5.95 Å². The molecule has 128 valence electrons. The average Bonchev–Trinajstić information content (AvgIpc) is 2.68. The third-order valence-electron chi connectivity index (χ3n) is 4.21. The number of aromatic nitrogens is 2. The van der Waals surface area contributed by atoms with Crippen LogP contribution in [0.3, 0.4) is 0 Å². The van der Waals surface area contributed by atoms with Crippen LogP contribution in [0, 0.1) is 11.8 Å². The molecule has 0 atom stereocenters. The summed E-state index contributed by atoms with van der Waals surface area (Å²) in [6.07, 6.45) is 5.67. The monoisotopic (exact) mass is 334 g/mol. The molecule has 0 N–H and O–H groups in total. The van der Waals surface area contributed by atoms with Gasteiger partial charge in [0.25, 0.3) is 5.91 Å². The van der Waals surface area contributed by atoms with E-state index in [0.29, 0.717) is 19.0 Å². The van der Waals surface area contributed by atoms with E-state index in [-0.39, 0.29) is 5.91 Å². The molecule has 2 heterocycles. The molecule has 0 bridgehead atoms. The van der Waals surface area contributed by atoms with E-state index in [4.69, 9.17) is 0 Å². The molecule has 0 radical (unpaired) electrons. The predicted molar refractivity (Wildman–Crippen MR) is 98.1 cm³/mol. The van der Waals surface area contributed by atoms with Crippen LogP contribution in [0.1, 0.15) is 24.5 Å². The normalized spacial score (nSPS) is 14.0. The SMILES string of the molecule is CCCc1ccc(C#CC(=O)N2CCN(c3ncccn3)CC2)cc1. The van der Waals surface area contributed by atoms with E-state index in [1.54, 1.807) is 23.4 Å². The van der Waals surface area contributed by atoms with Gasteiger partial charge in [0.1, 0.15) is 0 Å². The van der Waals surface area contributed by atoms with Crippen molar-refractivity contribution in [1.29, 1.82) is 0 Å². The Balaban J connectivity index is 1.55. The highest BCUT2D eigenvalue weighted by atomic mass is 16.2. The van der Waals surface area contributed by atoms with Crippen molar-refractivity contribution < 1.29 is 4.79 Å². The molecule has 5 nitrogen and oxygen atoms in total. The second kappa shape index (κ2) is 8.29. The minimum atomic E-state index is -0.119. The van der Waals surface area contributed by atoms with Gasteiger partial charge < -0.3 is 9.80 Å². The van der Waals surface area contributed by atoms with Crippen LogP contribution in [-0.2, 0) is 11.2 Å². The fourth-order valence-corrected chi connectivity index (χ4v) is 2.81. The van der Waals surface area contributed by atoms with Crippen LogP contribution in [0.5, 0.6) is 0 Å². The Hall–Kier alpha value is -2.87. The van der Waals surface area contributed by atoms with Crippen LogP contribution in [0.2, 0.25) is 0 Å². The largest absolute Gasteiger partial charge is 0.337 e. The fraction of sp³-hybridized carbons (Fsp3) is 0.350. The van der Waals surface area contributed by atoms with E-state index >= 15 is 0 Å². The Morgan fingerprint density at radius 3 is 2.40 bits per heavy atom. The number of hydrogen-bond donors (Lipinski definition) is 0. The summed E-state index contributed by atoms with van der Waals surface area (Å²) in [5, 5.41) is 0. The average molecular weight is 334 g/mol. The molecule has 3 rings (SSSR count). The van der Waals surface area contributed by atoms with Crippen molar-refractivity contribution in [2.75, 3.05) is 31.1 Å². The maximum atomic E-state index is 12.3. The van der Waals surface area contributed by atoms with Gasteiger partial charge in [-0.1, -0.05) is 31.4 Å². The molecule has 0 saturated carbocycles. The Morgan fingerprint density at radius 2 is 1.76 bits per heavy atom. The number of aryl methyl sites for hydroxylation is 1. The van der Waals surface area contributed by atoms with Gasteiger partial charge in [0.05, 0.1) is 0 Å². The summed E-state index contributed by atoms with van der Waals surface area (Å²) in [6, 6.07) is 9.92. The Morgan fingerprint density at radius 1 is 1.08 bits per heavy atom. The van der Waals surface area contributed by atoms with Crippen molar-refractivity contribution in [1.82, 2.24) is 14.9 Å². The van der Waals surface area contributed by atoms with E-state index in [1.807, 2.05) is 12.1 Å². The van der Waals surface area contributed by atoms with Crippen molar-refractivity contribution in [3.05, 3.63) is 53.9 Å². The van der Waals surface area contributed by atoms with Crippen LogP contribution in [0.15, 0.2) is 42.7 Å². The summed E-state index contributed by atoms with van der Waals surface area (Å²) < 4.78 is 0. The van der Waals surface area contributed by atoms with Gasteiger partial charge >= 0.3 is 0 Å². The maximum absolute atomic E-state index is 12.3. The number of carbonyl (C=O) groups excluding carboxylic acids is 1. The number of rotatable bonds is 3. The number of carbonyl (C=O) groups is 1. The standard InChI is InChI=1S/C20H22N4O/c1-2-4-17-5-7-18(8-6-17)9-10-19(25)23-13-15-24(16-14-23)20-21-11-3-12-22-20/h3,5-8,11-12H,2,4,13-16H2,1H3. The van der Waals surface area contributed by atoms with E-state index in [1.165, 1.54) is 5.56 Å². The highest BCUT2D eigenvalue weighted by Crippen LogP contribution is 2.10. The molecule has 25 heavy (non-hydrogen) atoms. The van der Waals surface area contributed by atoms with Gasteiger partial charge in [0, 0.05) is 50.1 Å². The second-order valence-corrected chi connectivity index (χ2v) is 6.02. The summed E-state index contributed by atoms with van der Waals surface area (Å²) in [5.41, 5.74) is 2.18. The van der Waals surface area contributed by atoms with Gasteiger partial charge in [-0.3, -0.25) is 4.79 Å². The molecular weight excluding hydrogens is 312 g/mol. The molecule has 0 unspecified atom stereocenters. The van der Waals surface area contributed by atoms with Crippen LogP contribution in [-0.4, -0.2) is 47.0 Å². The lowest BCUT2D eigenvalue weighted by molar-refractivity contribution is -0.125. The first-order chi connectivity index (χ1) is 12.3. The fourth-order valence-electron chi connectivity index (χ4n) is 2.81. The Bertz CT molecular complexity index is 754. The van der Waals surface area contributed by atoms with Crippen molar-refractivity contribution in [2.45, 2.75) is 19.8 Å². The zero-order valence-electron chi connectivity index (χ0n) is 14.5. The summed E-state index contributed by atoms with van der Waals surface area (Å²) in [6.45, 7) is 4.89. The lowest BCUT2D eigenvalue weighted by Gasteiger charge is -2.33. The minimum Gasteiger partial charge on any atom is -0.337 e. The summed E-state index contributed by atoms with van der Waals surface area (Å²) in [4.78, 5) is 24.7. The van der Waals surface area contributed by atoms with Crippen molar-refractivity contribution in [2.24, 2.45) is 0 Å². The van der Waals surface area contributed by atoms with Gasteiger partial charge in [-0.15, -0.1) is 0 Å². The molecular formula is C20H22N4O. The Kier molecular flexibility index (Phi) is 5.63. The highest BCUT2D eigenvalue weighted by molar-refractivity contribution is 5.94. The van der Waals surface area contributed by atoms with Crippen molar-refractivity contribution in [3.63, 3.8) is 0 Å². The quantitative estimate of drug-likeness (QED) is 0.807. The third kappa shape index (κ3) is 4.57. The molecule has 1 amide bonds. The van der Waals surface area contributed by atoms with Gasteiger partial charge in [-0.2, -0.15) is 0 Å². The van der Waals surface area contributed by atoms with E-state index in [0.717, 1.165) is 31.5 Å². The molecule has 0 spiro atoms. The topological polar surface area (TPSA) is 49.3 Å². The van der Waals surface area contributed by atoms with Crippen LogP contribution >= 0.6 is 0 Å².